The van der Waals surface area contributed by atoms with Crippen LogP contribution in [0.4, 0.5) is 0 Å². The average molecular weight is 269 g/mol. The van der Waals surface area contributed by atoms with Gasteiger partial charge in [-0.3, -0.25) is 0 Å². The fourth-order valence-corrected chi connectivity index (χ4v) is 2.32. The molecule has 1 aliphatic heterocycles. The summed E-state index contributed by atoms with van der Waals surface area (Å²) >= 11 is 0. The molecule has 7 heteroatoms. The molecule has 0 unspecified atom stereocenters. The van der Waals surface area contributed by atoms with E-state index in [4.69, 9.17) is 9.94 Å². The third kappa shape index (κ3) is 2.35. The van der Waals surface area contributed by atoms with E-state index in [1.807, 2.05) is 0 Å². The van der Waals surface area contributed by atoms with E-state index in [-0.39, 0.29) is 10.5 Å². The lowest BCUT2D eigenvalue weighted by Crippen LogP contribution is -2.10. The molecule has 0 saturated heterocycles. The van der Waals surface area contributed by atoms with Crippen LogP contribution >= 0.6 is 0 Å². The molecule has 96 valence electrons. The Morgan fingerprint density at radius 2 is 2.17 bits per heavy atom. The van der Waals surface area contributed by atoms with Crippen molar-refractivity contribution in [2.75, 3.05) is 12.9 Å². The number of benzene rings is 1. The number of carboxylic acids is 1. The molecule has 0 radical (unpaired) electrons. The lowest BCUT2D eigenvalue weighted by molar-refractivity contribution is 0.0696. The SMILES string of the molecule is CS(=O)(=O)c1ccc(C(=O)O)c(C2=NOCC2)c1. The molecule has 1 heterocycles. The molecule has 0 aromatic heterocycles. The van der Waals surface area contributed by atoms with E-state index < -0.39 is 15.8 Å². The summed E-state index contributed by atoms with van der Waals surface area (Å²) < 4.78 is 22.9. The monoisotopic (exact) mass is 269 g/mol. The summed E-state index contributed by atoms with van der Waals surface area (Å²) in [6.07, 6.45) is 1.53. The van der Waals surface area contributed by atoms with E-state index in [1.165, 1.54) is 18.2 Å². The molecule has 2 rings (SSSR count). The Balaban J connectivity index is 2.62. The van der Waals surface area contributed by atoms with Crippen molar-refractivity contribution in [3.8, 4) is 0 Å². The molecule has 1 aliphatic rings. The molecule has 0 spiro atoms. The van der Waals surface area contributed by atoms with E-state index >= 15 is 0 Å². The minimum atomic E-state index is -3.39. The number of carboxylic acid groups (broad SMARTS) is 1. The molecule has 6 nitrogen and oxygen atoms in total. The Bertz CT molecular complexity index is 633. The number of sulfone groups is 1. The molecule has 0 amide bonds. The van der Waals surface area contributed by atoms with E-state index in [9.17, 15) is 13.2 Å². The third-order valence-corrected chi connectivity index (χ3v) is 3.68. The zero-order chi connectivity index (χ0) is 13.3. The maximum atomic E-state index is 11.5. The number of hydrogen-bond donors (Lipinski definition) is 1. The second-order valence-corrected chi connectivity index (χ2v) is 5.92. The Morgan fingerprint density at radius 1 is 1.44 bits per heavy atom. The number of hydrogen-bond acceptors (Lipinski definition) is 5. The van der Waals surface area contributed by atoms with Gasteiger partial charge in [-0.15, -0.1) is 0 Å². The molecule has 0 atom stereocenters. The summed E-state index contributed by atoms with van der Waals surface area (Å²) in [5.41, 5.74) is 0.771. The molecule has 0 bridgehead atoms. The first kappa shape index (κ1) is 12.6. The highest BCUT2D eigenvalue weighted by Crippen LogP contribution is 2.20. The lowest BCUT2D eigenvalue weighted by atomic mass is 10.0. The maximum Gasteiger partial charge on any atom is 0.336 e. The highest BCUT2D eigenvalue weighted by molar-refractivity contribution is 7.90. The van der Waals surface area contributed by atoms with Crippen LogP contribution in [0.15, 0.2) is 28.3 Å². The van der Waals surface area contributed by atoms with E-state index in [0.29, 0.717) is 24.3 Å². The van der Waals surface area contributed by atoms with Crippen LogP contribution in [0.3, 0.4) is 0 Å². The largest absolute Gasteiger partial charge is 0.478 e. The standard InChI is InChI=1S/C11H11NO5S/c1-18(15,16)7-2-3-8(11(13)14)9(6-7)10-4-5-17-12-10/h2-3,6H,4-5H2,1H3,(H,13,14). The van der Waals surface area contributed by atoms with Gasteiger partial charge in [-0.1, -0.05) is 5.16 Å². The van der Waals surface area contributed by atoms with Crippen molar-refractivity contribution in [1.82, 2.24) is 0 Å². The van der Waals surface area contributed by atoms with Gasteiger partial charge in [0.05, 0.1) is 16.2 Å². The number of aromatic carboxylic acids is 1. The number of carbonyl (C=O) groups is 1. The summed E-state index contributed by atoms with van der Waals surface area (Å²) in [6, 6.07) is 3.87. The quantitative estimate of drug-likeness (QED) is 0.880. The van der Waals surface area contributed by atoms with Crippen LogP contribution in [-0.4, -0.2) is 38.1 Å². The van der Waals surface area contributed by atoms with Gasteiger partial charge in [0.1, 0.15) is 6.61 Å². The normalized spacial score (nSPS) is 15.1. The molecule has 0 saturated carbocycles. The second kappa shape index (κ2) is 4.41. The first-order valence-corrected chi connectivity index (χ1v) is 7.05. The van der Waals surface area contributed by atoms with Crippen LogP contribution in [-0.2, 0) is 14.7 Å². The van der Waals surface area contributed by atoms with Crippen molar-refractivity contribution in [3.63, 3.8) is 0 Å². The van der Waals surface area contributed by atoms with Crippen molar-refractivity contribution in [2.45, 2.75) is 11.3 Å². The van der Waals surface area contributed by atoms with Crippen molar-refractivity contribution in [3.05, 3.63) is 29.3 Å². The maximum absolute atomic E-state index is 11.5. The number of rotatable bonds is 3. The van der Waals surface area contributed by atoms with Crippen molar-refractivity contribution in [2.24, 2.45) is 5.16 Å². The molecular formula is C11H11NO5S. The van der Waals surface area contributed by atoms with E-state index in [1.54, 1.807) is 0 Å². The van der Waals surface area contributed by atoms with Crippen LogP contribution in [0.5, 0.6) is 0 Å². The third-order valence-electron chi connectivity index (χ3n) is 2.57. The Hall–Kier alpha value is -1.89. The summed E-state index contributed by atoms with van der Waals surface area (Å²) in [7, 11) is -3.39. The van der Waals surface area contributed by atoms with Crippen molar-refractivity contribution < 1.29 is 23.2 Å². The average Bonchev–Trinajstić information content (AvgIpc) is 2.80. The summed E-state index contributed by atoms with van der Waals surface area (Å²) in [5.74, 6) is -1.13. The molecule has 1 aromatic rings. The van der Waals surface area contributed by atoms with Crippen LogP contribution in [0.2, 0.25) is 0 Å². The van der Waals surface area contributed by atoms with Gasteiger partial charge in [0.15, 0.2) is 9.84 Å². The highest BCUT2D eigenvalue weighted by Gasteiger charge is 2.21. The molecule has 0 fully saturated rings. The fraction of sp³-hybridized carbons (Fsp3) is 0.273. The Labute approximate surface area is 104 Å². The number of oxime groups is 1. The van der Waals surface area contributed by atoms with Gasteiger partial charge < -0.3 is 9.94 Å². The number of nitrogens with zero attached hydrogens (tertiary/aromatic N) is 1. The predicted molar refractivity (Wildman–Crippen MR) is 63.6 cm³/mol. The van der Waals surface area contributed by atoms with Gasteiger partial charge >= 0.3 is 5.97 Å². The molecule has 1 aromatic carbocycles. The van der Waals surface area contributed by atoms with Gasteiger partial charge in [0.25, 0.3) is 0 Å². The van der Waals surface area contributed by atoms with Crippen LogP contribution < -0.4 is 0 Å². The van der Waals surface area contributed by atoms with Crippen molar-refractivity contribution >= 4 is 21.5 Å². The Kier molecular flexibility index (Phi) is 3.08. The smallest absolute Gasteiger partial charge is 0.336 e. The summed E-state index contributed by atoms with van der Waals surface area (Å²) in [4.78, 5) is 16.0. The molecular weight excluding hydrogens is 258 g/mol. The van der Waals surface area contributed by atoms with Crippen LogP contribution in [0, 0.1) is 0 Å². The van der Waals surface area contributed by atoms with Gasteiger partial charge in [-0.25, -0.2) is 13.2 Å². The Morgan fingerprint density at radius 3 is 2.67 bits per heavy atom. The van der Waals surface area contributed by atoms with Crippen LogP contribution in [0.1, 0.15) is 22.3 Å². The molecule has 1 N–H and O–H groups in total. The highest BCUT2D eigenvalue weighted by atomic mass is 32.2. The molecule has 0 aliphatic carbocycles. The van der Waals surface area contributed by atoms with Crippen molar-refractivity contribution in [1.29, 1.82) is 0 Å². The van der Waals surface area contributed by atoms with Crippen LogP contribution in [0.25, 0.3) is 0 Å². The minimum absolute atomic E-state index is 0.0200. The van der Waals surface area contributed by atoms with Gasteiger partial charge in [-0.2, -0.15) is 0 Å². The van der Waals surface area contributed by atoms with Gasteiger partial charge in [-0.05, 0) is 18.2 Å². The topological polar surface area (TPSA) is 93.0 Å². The fourth-order valence-electron chi connectivity index (χ4n) is 1.67. The lowest BCUT2D eigenvalue weighted by Gasteiger charge is -2.06. The van der Waals surface area contributed by atoms with Gasteiger partial charge in [0.2, 0.25) is 0 Å². The van der Waals surface area contributed by atoms with E-state index in [2.05, 4.69) is 5.16 Å². The van der Waals surface area contributed by atoms with Gasteiger partial charge in [0, 0.05) is 18.2 Å². The zero-order valence-corrected chi connectivity index (χ0v) is 10.4. The predicted octanol–water partition coefficient (Wildman–Crippen LogP) is 0.913. The summed E-state index contributed by atoms with van der Waals surface area (Å²) in [5, 5.41) is 12.8. The minimum Gasteiger partial charge on any atom is -0.478 e. The first-order chi connectivity index (χ1) is 8.39. The summed E-state index contributed by atoms with van der Waals surface area (Å²) in [6.45, 7) is 0.373. The second-order valence-electron chi connectivity index (χ2n) is 3.91. The molecule has 18 heavy (non-hydrogen) atoms. The first-order valence-electron chi connectivity index (χ1n) is 5.16. The zero-order valence-electron chi connectivity index (χ0n) is 9.58. The van der Waals surface area contributed by atoms with E-state index in [0.717, 1.165) is 6.26 Å².